The summed E-state index contributed by atoms with van der Waals surface area (Å²) in [6, 6.07) is 5.60. The molecule has 5 heteroatoms. The minimum atomic E-state index is -0.312. The second-order valence-corrected chi connectivity index (χ2v) is 6.75. The monoisotopic (exact) mass is 309 g/mol. The average Bonchev–Trinajstić information content (AvgIpc) is 2.69. The highest BCUT2D eigenvalue weighted by Gasteiger charge is 2.31. The third kappa shape index (κ3) is 3.96. The largest absolute Gasteiger partial charge is 0.324 e. The van der Waals surface area contributed by atoms with Gasteiger partial charge in [0.25, 0.3) is 0 Å². The van der Waals surface area contributed by atoms with Gasteiger partial charge in [0.15, 0.2) is 0 Å². The molecule has 0 saturated carbocycles. The van der Waals surface area contributed by atoms with Crippen molar-refractivity contribution in [2.45, 2.75) is 32.4 Å². The van der Waals surface area contributed by atoms with Crippen molar-refractivity contribution in [3.8, 4) is 0 Å². The third-order valence-corrected chi connectivity index (χ3v) is 4.11. The van der Waals surface area contributed by atoms with E-state index in [1.807, 2.05) is 12.1 Å². The molecular weight excluding hydrogens is 286 g/mol. The van der Waals surface area contributed by atoms with Gasteiger partial charge >= 0.3 is 0 Å². The molecule has 1 aromatic rings. The van der Waals surface area contributed by atoms with E-state index in [0.29, 0.717) is 17.0 Å². The van der Waals surface area contributed by atoms with Gasteiger partial charge in [-0.3, -0.25) is 4.79 Å². The van der Waals surface area contributed by atoms with Gasteiger partial charge in [-0.15, -0.1) is 0 Å². The molecule has 2 N–H and O–H groups in total. The van der Waals surface area contributed by atoms with Crippen LogP contribution in [0.1, 0.15) is 31.9 Å². The summed E-state index contributed by atoms with van der Waals surface area (Å²) >= 11 is 6.04. The maximum atomic E-state index is 12.1. The second kappa shape index (κ2) is 6.77. The van der Waals surface area contributed by atoms with Crippen molar-refractivity contribution in [2.75, 3.05) is 26.0 Å². The first-order valence-electron chi connectivity index (χ1n) is 7.38. The standard InChI is InChI=1S/C16H24ClN3O/c1-10(2)7-12(20(3)4)9-18-15-13-8-11(17)5-6-14(13)19-16(15)21/h5-6,8,10,12,15,18H,7,9H2,1-4H3,(H,19,21). The first-order valence-corrected chi connectivity index (χ1v) is 7.76. The van der Waals surface area contributed by atoms with Crippen molar-refractivity contribution in [1.29, 1.82) is 0 Å². The summed E-state index contributed by atoms with van der Waals surface area (Å²) in [6.45, 7) is 5.21. The van der Waals surface area contributed by atoms with E-state index in [9.17, 15) is 4.79 Å². The summed E-state index contributed by atoms with van der Waals surface area (Å²) in [5.74, 6) is 0.618. The average molecular weight is 310 g/mol. The Labute approximate surface area is 131 Å². The van der Waals surface area contributed by atoms with E-state index < -0.39 is 0 Å². The quantitative estimate of drug-likeness (QED) is 0.849. The van der Waals surface area contributed by atoms with Crippen molar-refractivity contribution in [1.82, 2.24) is 10.2 Å². The van der Waals surface area contributed by atoms with Crippen molar-refractivity contribution in [2.24, 2.45) is 5.92 Å². The predicted molar refractivity (Wildman–Crippen MR) is 87.8 cm³/mol. The molecule has 0 bridgehead atoms. The molecule has 1 aromatic carbocycles. The molecule has 1 heterocycles. The third-order valence-electron chi connectivity index (χ3n) is 3.88. The minimum Gasteiger partial charge on any atom is -0.324 e. The van der Waals surface area contributed by atoms with Gasteiger partial charge in [0.05, 0.1) is 0 Å². The number of hydrogen-bond donors (Lipinski definition) is 2. The topological polar surface area (TPSA) is 44.4 Å². The second-order valence-electron chi connectivity index (χ2n) is 6.31. The first kappa shape index (κ1) is 16.3. The van der Waals surface area contributed by atoms with Crippen LogP contribution in [-0.2, 0) is 4.79 Å². The SMILES string of the molecule is CC(C)CC(CNC1C(=O)Nc2ccc(Cl)cc21)N(C)C. The van der Waals surface area contributed by atoms with Crippen LogP contribution < -0.4 is 10.6 Å². The number of nitrogens with zero attached hydrogens (tertiary/aromatic N) is 1. The van der Waals surface area contributed by atoms with E-state index in [2.05, 4.69) is 43.5 Å². The van der Waals surface area contributed by atoms with E-state index in [1.54, 1.807) is 6.07 Å². The van der Waals surface area contributed by atoms with Gasteiger partial charge in [0.2, 0.25) is 5.91 Å². The minimum absolute atomic E-state index is 0.00526. The van der Waals surface area contributed by atoms with Crippen molar-refractivity contribution >= 4 is 23.2 Å². The number of carbonyl (C=O) groups is 1. The molecule has 4 nitrogen and oxygen atoms in total. The Bertz CT molecular complexity index is 516. The number of fused-ring (bicyclic) bond motifs is 1. The van der Waals surface area contributed by atoms with Gasteiger partial charge < -0.3 is 15.5 Å². The lowest BCUT2D eigenvalue weighted by Crippen LogP contribution is -2.41. The first-order chi connectivity index (χ1) is 9.88. The van der Waals surface area contributed by atoms with Crippen molar-refractivity contribution in [3.63, 3.8) is 0 Å². The van der Waals surface area contributed by atoms with Gasteiger partial charge in [-0.05, 0) is 44.6 Å². The number of rotatable bonds is 6. The van der Waals surface area contributed by atoms with E-state index in [-0.39, 0.29) is 11.9 Å². The molecule has 116 valence electrons. The van der Waals surface area contributed by atoms with Crippen molar-refractivity contribution < 1.29 is 4.79 Å². The van der Waals surface area contributed by atoms with E-state index in [1.165, 1.54) is 0 Å². The molecule has 21 heavy (non-hydrogen) atoms. The highest BCUT2D eigenvalue weighted by Crippen LogP contribution is 2.32. The fourth-order valence-corrected chi connectivity index (χ4v) is 2.89. The molecule has 1 aliphatic rings. The molecule has 1 aliphatic heterocycles. The van der Waals surface area contributed by atoms with E-state index >= 15 is 0 Å². The Hall–Kier alpha value is -1.10. The molecule has 1 amide bonds. The van der Waals surface area contributed by atoms with Crippen LogP contribution in [0.3, 0.4) is 0 Å². The fourth-order valence-electron chi connectivity index (χ4n) is 2.71. The van der Waals surface area contributed by atoms with Crippen LogP contribution in [0.2, 0.25) is 5.02 Å². The van der Waals surface area contributed by atoms with Gasteiger partial charge in [-0.2, -0.15) is 0 Å². The highest BCUT2D eigenvalue weighted by atomic mass is 35.5. The van der Waals surface area contributed by atoms with Gasteiger partial charge in [0.1, 0.15) is 6.04 Å². The lowest BCUT2D eigenvalue weighted by Gasteiger charge is -2.27. The molecule has 2 unspecified atom stereocenters. The van der Waals surface area contributed by atoms with Crippen LogP contribution in [0.4, 0.5) is 5.69 Å². The molecule has 0 aromatic heterocycles. The van der Waals surface area contributed by atoms with Gasteiger partial charge in [-0.25, -0.2) is 0 Å². The molecule has 0 spiro atoms. The van der Waals surface area contributed by atoms with Gasteiger partial charge in [0, 0.05) is 28.9 Å². The Morgan fingerprint density at radius 1 is 1.38 bits per heavy atom. The van der Waals surface area contributed by atoms with E-state index in [0.717, 1.165) is 24.2 Å². The fraction of sp³-hybridized carbons (Fsp3) is 0.562. The number of hydrogen-bond acceptors (Lipinski definition) is 3. The lowest BCUT2D eigenvalue weighted by molar-refractivity contribution is -0.117. The molecule has 0 saturated heterocycles. The van der Waals surface area contributed by atoms with Gasteiger partial charge in [-0.1, -0.05) is 25.4 Å². The molecule has 0 radical (unpaired) electrons. The maximum absolute atomic E-state index is 12.1. The number of benzene rings is 1. The summed E-state index contributed by atoms with van der Waals surface area (Å²) < 4.78 is 0. The number of nitrogens with one attached hydrogen (secondary N) is 2. The summed E-state index contributed by atoms with van der Waals surface area (Å²) in [7, 11) is 4.16. The number of anilines is 1. The Kier molecular flexibility index (Phi) is 5.25. The summed E-state index contributed by atoms with van der Waals surface area (Å²) in [4.78, 5) is 14.3. The zero-order valence-corrected chi connectivity index (χ0v) is 13.9. The van der Waals surface area contributed by atoms with Crippen LogP contribution in [0, 0.1) is 5.92 Å². The molecule has 2 rings (SSSR count). The number of amides is 1. The summed E-state index contributed by atoms with van der Waals surface area (Å²) in [5, 5.41) is 6.94. The zero-order chi connectivity index (χ0) is 15.6. The van der Waals surface area contributed by atoms with Crippen LogP contribution >= 0.6 is 11.6 Å². The number of carbonyl (C=O) groups excluding carboxylic acids is 1. The predicted octanol–water partition coefficient (Wildman–Crippen LogP) is 2.90. The van der Waals surface area contributed by atoms with Crippen LogP contribution in [0.15, 0.2) is 18.2 Å². The molecule has 0 aliphatic carbocycles. The normalized spacial score (nSPS) is 19.0. The van der Waals surface area contributed by atoms with Crippen molar-refractivity contribution in [3.05, 3.63) is 28.8 Å². The number of likely N-dealkylation sites (N-methyl/N-ethyl adjacent to an activating group) is 1. The lowest BCUT2D eigenvalue weighted by atomic mass is 10.0. The highest BCUT2D eigenvalue weighted by molar-refractivity contribution is 6.31. The zero-order valence-electron chi connectivity index (χ0n) is 13.1. The molecule has 2 atom stereocenters. The maximum Gasteiger partial charge on any atom is 0.246 e. The Morgan fingerprint density at radius 2 is 2.10 bits per heavy atom. The molecule has 0 fully saturated rings. The van der Waals surface area contributed by atoms with E-state index in [4.69, 9.17) is 11.6 Å². The molecular formula is C16H24ClN3O. The Morgan fingerprint density at radius 3 is 2.71 bits per heavy atom. The van der Waals surface area contributed by atoms with Crippen LogP contribution in [-0.4, -0.2) is 37.5 Å². The summed E-state index contributed by atoms with van der Waals surface area (Å²) in [5.41, 5.74) is 1.79. The number of halogens is 1. The summed E-state index contributed by atoms with van der Waals surface area (Å²) in [6.07, 6.45) is 1.09. The smallest absolute Gasteiger partial charge is 0.246 e. The van der Waals surface area contributed by atoms with Crippen LogP contribution in [0.25, 0.3) is 0 Å². The van der Waals surface area contributed by atoms with Crippen LogP contribution in [0.5, 0.6) is 0 Å². The Balaban J connectivity index is 2.06.